The van der Waals surface area contributed by atoms with Crippen LogP contribution in [-0.4, -0.2) is 21.5 Å². The van der Waals surface area contributed by atoms with Gasteiger partial charge in [-0.05, 0) is 62.3 Å². The summed E-state index contributed by atoms with van der Waals surface area (Å²) < 4.78 is 0. The molecule has 0 aliphatic heterocycles. The largest absolute Gasteiger partial charge is 0.361 e. The molecule has 3 rings (SSSR count). The van der Waals surface area contributed by atoms with Gasteiger partial charge in [-0.3, -0.25) is 9.99 Å². The van der Waals surface area contributed by atoms with E-state index in [1.807, 2.05) is 12.4 Å². The zero-order chi connectivity index (χ0) is 23.6. The van der Waals surface area contributed by atoms with E-state index >= 15 is 0 Å². The first-order chi connectivity index (χ1) is 16.1. The summed E-state index contributed by atoms with van der Waals surface area (Å²) in [4.78, 5) is 7.82. The maximum Gasteiger partial charge on any atom is 0.0456 e. The summed E-state index contributed by atoms with van der Waals surface area (Å²) in [6.07, 6.45) is 17.8. The molecule has 0 radical (unpaired) electrons. The lowest BCUT2D eigenvalue weighted by molar-refractivity contribution is 0.301. The van der Waals surface area contributed by atoms with Crippen LogP contribution in [0.3, 0.4) is 0 Å². The number of fused-ring (bicyclic) bond motifs is 1. The van der Waals surface area contributed by atoms with E-state index in [0.29, 0.717) is 5.92 Å². The van der Waals surface area contributed by atoms with Crippen molar-refractivity contribution in [1.29, 1.82) is 0 Å². The van der Waals surface area contributed by atoms with Gasteiger partial charge in [-0.1, -0.05) is 57.2 Å². The molecule has 4 heteroatoms. The van der Waals surface area contributed by atoms with Gasteiger partial charge in [0, 0.05) is 59.1 Å². The average Bonchev–Trinajstić information content (AvgIpc) is 3.24. The van der Waals surface area contributed by atoms with Gasteiger partial charge in [0.2, 0.25) is 0 Å². The number of hydrazine groups is 1. The second-order valence-corrected chi connectivity index (χ2v) is 8.56. The average molecular weight is 443 g/mol. The number of rotatable bonds is 11. The Labute approximate surface area is 199 Å². The van der Waals surface area contributed by atoms with Gasteiger partial charge in [0.15, 0.2) is 0 Å². The SMILES string of the molecule is C/C=C(/C(C)CC)N(/C=C(\C=C/CC)c1cncc(C)c1)NCCc1c[nH]c2ccccc12. The van der Waals surface area contributed by atoms with E-state index < -0.39 is 0 Å². The van der Waals surface area contributed by atoms with Crippen molar-refractivity contribution < 1.29 is 0 Å². The minimum Gasteiger partial charge on any atom is -0.361 e. The van der Waals surface area contributed by atoms with Crippen molar-refractivity contribution in [2.24, 2.45) is 5.92 Å². The summed E-state index contributed by atoms with van der Waals surface area (Å²) in [6, 6.07) is 10.7. The van der Waals surface area contributed by atoms with Crippen LogP contribution in [0, 0.1) is 12.8 Å². The maximum absolute atomic E-state index is 4.43. The molecule has 4 nitrogen and oxygen atoms in total. The summed E-state index contributed by atoms with van der Waals surface area (Å²) in [5.41, 5.74) is 10.9. The number of H-pyrrole nitrogens is 1. The number of nitrogens with one attached hydrogen (secondary N) is 2. The first-order valence-electron chi connectivity index (χ1n) is 12.1. The highest BCUT2D eigenvalue weighted by Crippen LogP contribution is 2.23. The smallest absolute Gasteiger partial charge is 0.0456 e. The van der Waals surface area contributed by atoms with Crippen LogP contribution < -0.4 is 5.43 Å². The van der Waals surface area contributed by atoms with E-state index in [1.165, 1.54) is 22.2 Å². The molecule has 0 bridgehead atoms. The summed E-state index contributed by atoms with van der Waals surface area (Å²) >= 11 is 0. The van der Waals surface area contributed by atoms with Gasteiger partial charge in [0.1, 0.15) is 0 Å². The standard InChI is InChI=1S/C29H38N4/c1-6-9-12-25(26-17-22(4)18-30-19-26)21-33(29(8-3)23(5)7-2)32-16-15-24-20-31-28-14-11-10-13-27(24)28/h8-14,17-21,23,31-32H,6-7,15-16H2,1-5H3/b12-9-,25-21+,29-8-. The number of aromatic nitrogens is 2. The van der Waals surface area contributed by atoms with Gasteiger partial charge in [-0.25, -0.2) is 5.43 Å². The summed E-state index contributed by atoms with van der Waals surface area (Å²) in [7, 11) is 0. The Morgan fingerprint density at radius 3 is 2.76 bits per heavy atom. The highest BCUT2D eigenvalue weighted by atomic mass is 15.5. The van der Waals surface area contributed by atoms with Crippen molar-refractivity contribution in [2.45, 2.75) is 53.9 Å². The zero-order valence-corrected chi connectivity index (χ0v) is 20.7. The van der Waals surface area contributed by atoms with E-state index in [-0.39, 0.29) is 0 Å². The molecule has 174 valence electrons. The van der Waals surface area contributed by atoms with Crippen molar-refractivity contribution in [3.8, 4) is 0 Å². The number of benzene rings is 1. The Hall–Kier alpha value is -3.11. The van der Waals surface area contributed by atoms with Crippen LogP contribution in [0.4, 0.5) is 0 Å². The number of nitrogens with zero attached hydrogens (tertiary/aromatic N) is 2. The van der Waals surface area contributed by atoms with E-state index in [0.717, 1.165) is 42.5 Å². The number of hydrogen-bond acceptors (Lipinski definition) is 3. The quantitative estimate of drug-likeness (QED) is 0.244. The van der Waals surface area contributed by atoms with Crippen LogP contribution in [0.25, 0.3) is 16.5 Å². The first kappa shape index (κ1) is 24.5. The molecule has 1 atom stereocenters. The minimum atomic E-state index is 0.443. The molecule has 0 aliphatic rings. The molecule has 0 saturated heterocycles. The summed E-state index contributed by atoms with van der Waals surface area (Å²) in [6.45, 7) is 11.7. The van der Waals surface area contributed by atoms with E-state index in [4.69, 9.17) is 0 Å². The van der Waals surface area contributed by atoms with Gasteiger partial charge in [0.25, 0.3) is 0 Å². The Morgan fingerprint density at radius 2 is 2.03 bits per heavy atom. The molecule has 2 aromatic heterocycles. The van der Waals surface area contributed by atoms with Crippen LogP contribution in [0.5, 0.6) is 0 Å². The number of pyridine rings is 1. The van der Waals surface area contributed by atoms with Crippen molar-refractivity contribution >= 4 is 16.5 Å². The fraction of sp³-hybridized carbons (Fsp3) is 0.345. The summed E-state index contributed by atoms with van der Waals surface area (Å²) in [5.74, 6) is 0.443. The van der Waals surface area contributed by atoms with E-state index in [9.17, 15) is 0 Å². The monoisotopic (exact) mass is 442 g/mol. The van der Waals surface area contributed by atoms with Crippen LogP contribution in [-0.2, 0) is 6.42 Å². The predicted molar refractivity (Wildman–Crippen MR) is 141 cm³/mol. The molecular formula is C29H38N4. The second-order valence-electron chi connectivity index (χ2n) is 8.56. The second kappa shape index (κ2) is 12.2. The van der Waals surface area contributed by atoms with Crippen LogP contribution in [0.15, 0.2) is 79.0 Å². The minimum absolute atomic E-state index is 0.443. The molecule has 33 heavy (non-hydrogen) atoms. The highest BCUT2D eigenvalue weighted by Gasteiger charge is 2.14. The van der Waals surface area contributed by atoms with Crippen molar-refractivity contribution in [1.82, 2.24) is 20.4 Å². The molecule has 2 heterocycles. The lowest BCUT2D eigenvalue weighted by Crippen LogP contribution is -2.36. The van der Waals surface area contributed by atoms with Crippen molar-refractivity contribution in [3.63, 3.8) is 0 Å². The molecule has 2 N–H and O–H groups in total. The number of aryl methyl sites for hydroxylation is 1. The maximum atomic E-state index is 4.43. The molecule has 0 saturated carbocycles. The lowest BCUT2D eigenvalue weighted by atomic mass is 10.0. The van der Waals surface area contributed by atoms with Gasteiger partial charge in [-0.2, -0.15) is 0 Å². The van der Waals surface area contributed by atoms with Gasteiger partial charge >= 0.3 is 0 Å². The third kappa shape index (κ3) is 6.45. The Kier molecular flexibility index (Phi) is 9.08. The number of aromatic amines is 1. The number of para-hydroxylation sites is 1. The lowest BCUT2D eigenvalue weighted by Gasteiger charge is -2.29. The topological polar surface area (TPSA) is 44.0 Å². The third-order valence-electron chi connectivity index (χ3n) is 6.05. The number of allylic oxidation sites excluding steroid dienone is 5. The molecule has 3 aromatic rings. The summed E-state index contributed by atoms with van der Waals surface area (Å²) in [5, 5.41) is 3.52. The molecule has 0 spiro atoms. The fourth-order valence-electron chi connectivity index (χ4n) is 4.04. The first-order valence-corrected chi connectivity index (χ1v) is 12.1. The van der Waals surface area contributed by atoms with Crippen LogP contribution in [0.2, 0.25) is 0 Å². The molecule has 0 aliphatic carbocycles. The molecule has 1 aromatic carbocycles. The fourth-order valence-corrected chi connectivity index (χ4v) is 4.04. The third-order valence-corrected chi connectivity index (χ3v) is 6.05. The molecular weight excluding hydrogens is 404 g/mol. The zero-order valence-electron chi connectivity index (χ0n) is 20.7. The van der Waals surface area contributed by atoms with Gasteiger partial charge in [-0.15, -0.1) is 0 Å². The van der Waals surface area contributed by atoms with Crippen molar-refractivity contribution in [2.75, 3.05) is 6.54 Å². The predicted octanol–water partition coefficient (Wildman–Crippen LogP) is 7.18. The van der Waals surface area contributed by atoms with Gasteiger partial charge in [0.05, 0.1) is 0 Å². The van der Waals surface area contributed by atoms with Crippen LogP contribution >= 0.6 is 0 Å². The molecule has 1 unspecified atom stereocenters. The number of hydrogen-bond donors (Lipinski definition) is 2. The Morgan fingerprint density at radius 1 is 1.21 bits per heavy atom. The van der Waals surface area contributed by atoms with E-state index in [1.54, 1.807) is 0 Å². The van der Waals surface area contributed by atoms with Crippen molar-refractivity contribution in [3.05, 3.63) is 95.7 Å². The van der Waals surface area contributed by atoms with E-state index in [2.05, 4.69) is 116 Å². The van der Waals surface area contributed by atoms with Crippen LogP contribution in [0.1, 0.15) is 57.2 Å². The van der Waals surface area contributed by atoms with Gasteiger partial charge < -0.3 is 4.98 Å². The molecule has 0 amide bonds. The Bertz CT molecular complexity index is 1120. The molecule has 0 fully saturated rings. The Balaban J connectivity index is 1.89. The normalized spacial score (nSPS) is 13.7. The highest BCUT2D eigenvalue weighted by molar-refractivity contribution is 5.83.